The average Bonchev–Trinajstić information content (AvgIpc) is 2.28. The minimum atomic E-state index is 0.404. The lowest BCUT2D eigenvalue weighted by atomic mass is 10.2. The molecule has 17 heavy (non-hydrogen) atoms. The highest BCUT2D eigenvalue weighted by molar-refractivity contribution is 6.29. The van der Waals surface area contributed by atoms with E-state index in [2.05, 4.69) is 35.0 Å². The molecule has 5 heteroatoms. The number of aromatic nitrogens is 2. The van der Waals surface area contributed by atoms with Crippen LogP contribution in [0.4, 0.5) is 0 Å². The van der Waals surface area contributed by atoms with Crippen molar-refractivity contribution in [2.45, 2.75) is 26.8 Å². The predicted octanol–water partition coefficient (Wildman–Crippen LogP) is 2.50. The van der Waals surface area contributed by atoms with Crippen molar-refractivity contribution in [3.8, 4) is 6.07 Å². The molecule has 92 valence electrons. The number of nitriles is 1. The topological polar surface area (TPSA) is 52.8 Å². The molecule has 0 bridgehead atoms. The van der Waals surface area contributed by atoms with Gasteiger partial charge in [0.05, 0.1) is 11.8 Å². The first-order valence-corrected chi connectivity index (χ1v) is 6.07. The highest BCUT2D eigenvalue weighted by Gasteiger charge is 2.09. The average molecular weight is 253 g/mol. The Morgan fingerprint density at radius 2 is 2.18 bits per heavy atom. The van der Waals surface area contributed by atoms with Gasteiger partial charge in [0.2, 0.25) is 0 Å². The lowest BCUT2D eigenvalue weighted by Gasteiger charge is -2.22. The van der Waals surface area contributed by atoms with Crippen LogP contribution >= 0.6 is 11.6 Å². The van der Waals surface area contributed by atoms with Gasteiger partial charge in [0.1, 0.15) is 0 Å². The maximum Gasteiger partial charge on any atom is 0.151 e. The molecular weight excluding hydrogens is 236 g/mol. The van der Waals surface area contributed by atoms with Crippen molar-refractivity contribution >= 4 is 11.6 Å². The van der Waals surface area contributed by atoms with E-state index in [1.165, 1.54) is 0 Å². The SMILES string of the molecule is CC(C)CN(CCC#N)Cc1ccc(Cl)nn1. The second-order valence-corrected chi connectivity index (χ2v) is 4.77. The number of hydrogen-bond donors (Lipinski definition) is 0. The maximum absolute atomic E-state index is 8.63. The number of rotatable bonds is 6. The third-order valence-corrected chi connectivity index (χ3v) is 2.44. The van der Waals surface area contributed by atoms with Crippen molar-refractivity contribution in [3.05, 3.63) is 23.0 Å². The van der Waals surface area contributed by atoms with E-state index in [-0.39, 0.29) is 0 Å². The summed E-state index contributed by atoms with van der Waals surface area (Å²) in [4.78, 5) is 2.21. The van der Waals surface area contributed by atoms with Crippen LogP contribution in [-0.2, 0) is 6.54 Å². The first-order chi connectivity index (χ1) is 8.11. The van der Waals surface area contributed by atoms with Crippen LogP contribution in [0.5, 0.6) is 0 Å². The van der Waals surface area contributed by atoms with Gasteiger partial charge >= 0.3 is 0 Å². The Hall–Kier alpha value is -1.18. The first kappa shape index (κ1) is 13.9. The van der Waals surface area contributed by atoms with Gasteiger partial charge in [0.25, 0.3) is 0 Å². The van der Waals surface area contributed by atoms with E-state index in [1.807, 2.05) is 6.07 Å². The molecule has 0 saturated heterocycles. The van der Waals surface area contributed by atoms with Gasteiger partial charge in [-0.3, -0.25) is 4.90 Å². The summed E-state index contributed by atoms with van der Waals surface area (Å²) in [5, 5.41) is 16.9. The molecule has 0 unspecified atom stereocenters. The summed E-state index contributed by atoms with van der Waals surface area (Å²) in [5.41, 5.74) is 0.882. The zero-order chi connectivity index (χ0) is 12.7. The highest BCUT2D eigenvalue weighted by atomic mass is 35.5. The molecule has 1 aromatic rings. The fraction of sp³-hybridized carbons (Fsp3) is 0.583. The standard InChI is InChI=1S/C12H17ClN4/c1-10(2)8-17(7-3-6-14)9-11-4-5-12(13)16-15-11/h4-5,10H,3,7-9H2,1-2H3. The van der Waals surface area contributed by atoms with Crippen LogP contribution in [0.1, 0.15) is 26.0 Å². The molecule has 0 N–H and O–H groups in total. The second-order valence-electron chi connectivity index (χ2n) is 4.38. The minimum Gasteiger partial charge on any atom is -0.296 e. The lowest BCUT2D eigenvalue weighted by Crippen LogP contribution is -2.28. The lowest BCUT2D eigenvalue weighted by molar-refractivity contribution is 0.238. The van der Waals surface area contributed by atoms with Gasteiger partial charge < -0.3 is 0 Å². The zero-order valence-corrected chi connectivity index (χ0v) is 11.0. The molecule has 1 rings (SSSR count). The van der Waals surface area contributed by atoms with Gasteiger partial charge in [0, 0.05) is 26.1 Å². The molecule has 0 amide bonds. The van der Waals surface area contributed by atoms with Gasteiger partial charge in [-0.2, -0.15) is 10.4 Å². The molecule has 0 aromatic carbocycles. The van der Waals surface area contributed by atoms with E-state index < -0.39 is 0 Å². The maximum atomic E-state index is 8.63. The number of halogens is 1. The Balaban J connectivity index is 2.58. The van der Waals surface area contributed by atoms with Gasteiger partial charge in [-0.25, -0.2) is 0 Å². The van der Waals surface area contributed by atoms with Crippen LogP contribution in [0.15, 0.2) is 12.1 Å². The van der Waals surface area contributed by atoms with Gasteiger partial charge in [-0.05, 0) is 18.1 Å². The third kappa shape index (κ3) is 5.62. The zero-order valence-electron chi connectivity index (χ0n) is 10.2. The van der Waals surface area contributed by atoms with E-state index in [1.54, 1.807) is 6.07 Å². The van der Waals surface area contributed by atoms with E-state index >= 15 is 0 Å². The predicted molar refractivity (Wildman–Crippen MR) is 67.4 cm³/mol. The van der Waals surface area contributed by atoms with Crippen molar-refractivity contribution in [3.63, 3.8) is 0 Å². The Morgan fingerprint density at radius 3 is 2.71 bits per heavy atom. The summed E-state index contributed by atoms with van der Waals surface area (Å²) in [6, 6.07) is 5.78. The Kier molecular flexibility index (Phi) is 5.88. The van der Waals surface area contributed by atoms with Crippen molar-refractivity contribution < 1.29 is 0 Å². The summed E-state index contributed by atoms with van der Waals surface area (Å²) in [6.45, 7) is 6.74. The molecule has 0 fully saturated rings. The first-order valence-electron chi connectivity index (χ1n) is 5.69. The largest absolute Gasteiger partial charge is 0.296 e. The normalized spacial score (nSPS) is 10.8. The molecule has 0 aliphatic heterocycles. The molecule has 1 heterocycles. The molecule has 4 nitrogen and oxygen atoms in total. The van der Waals surface area contributed by atoms with Gasteiger partial charge in [0.15, 0.2) is 5.15 Å². The van der Waals surface area contributed by atoms with Crippen molar-refractivity contribution in [1.82, 2.24) is 15.1 Å². The van der Waals surface area contributed by atoms with Crippen LogP contribution in [0.2, 0.25) is 5.15 Å². The minimum absolute atomic E-state index is 0.404. The fourth-order valence-electron chi connectivity index (χ4n) is 1.62. The Bertz CT molecular complexity index is 369. The Morgan fingerprint density at radius 1 is 1.41 bits per heavy atom. The number of nitrogens with zero attached hydrogens (tertiary/aromatic N) is 4. The fourth-order valence-corrected chi connectivity index (χ4v) is 1.72. The van der Waals surface area contributed by atoms with Crippen LogP contribution < -0.4 is 0 Å². The van der Waals surface area contributed by atoms with Crippen molar-refractivity contribution in [2.24, 2.45) is 5.92 Å². The van der Waals surface area contributed by atoms with Crippen LogP contribution in [0.25, 0.3) is 0 Å². The quantitative estimate of drug-likeness (QED) is 0.781. The summed E-state index contributed by atoms with van der Waals surface area (Å²) in [5.74, 6) is 0.564. The van der Waals surface area contributed by atoms with Crippen molar-refractivity contribution in [1.29, 1.82) is 5.26 Å². The molecule has 0 spiro atoms. The van der Waals surface area contributed by atoms with Crippen molar-refractivity contribution in [2.75, 3.05) is 13.1 Å². The molecule has 0 saturated carbocycles. The molecule has 0 radical (unpaired) electrons. The van der Waals surface area contributed by atoms with Crippen LogP contribution in [-0.4, -0.2) is 28.2 Å². The van der Waals surface area contributed by atoms with E-state index in [4.69, 9.17) is 16.9 Å². The summed E-state index contributed by atoms with van der Waals surface area (Å²) in [7, 11) is 0. The van der Waals surface area contributed by atoms with Crippen LogP contribution in [0.3, 0.4) is 0 Å². The van der Waals surface area contributed by atoms with E-state index in [0.717, 1.165) is 18.8 Å². The molecule has 1 aromatic heterocycles. The van der Waals surface area contributed by atoms with Gasteiger partial charge in [-0.15, -0.1) is 5.10 Å². The van der Waals surface area contributed by atoms with E-state index in [9.17, 15) is 0 Å². The second kappa shape index (κ2) is 7.21. The molecule has 0 atom stereocenters. The molecule has 0 aliphatic rings. The smallest absolute Gasteiger partial charge is 0.151 e. The summed E-state index contributed by atoms with van der Waals surface area (Å²) < 4.78 is 0. The number of hydrogen-bond acceptors (Lipinski definition) is 4. The monoisotopic (exact) mass is 252 g/mol. The van der Waals surface area contributed by atoms with Gasteiger partial charge in [-0.1, -0.05) is 25.4 Å². The highest BCUT2D eigenvalue weighted by Crippen LogP contribution is 2.07. The Labute approximate surface area is 107 Å². The van der Waals surface area contributed by atoms with E-state index in [0.29, 0.717) is 24.0 Å². The molecule has 0 aliphatic carbocycles. The summed E-state index contributed by atoms with van der Waals surface area (Å²) in [6.07, 6.45) is 0.535. The molecular formula is C12H17ClN4. The van der Waals surface area contributed by atoms with Crippen LogP contribution in [0, 0.1) is 17.2 Å². The summed E-state index contributed by atoms with van der Waals surface area (Å²) >= 11 is 5.69. The third-order valence-electron chi connectivity index (χ3n) is 2.24.